The number of pyridine rings is 1. The third kappa shape index (κ3) is 2.31. The number of para-hydroxylation sites is 2. The minimum atomic E-state index is -3.15. The van der Waals surface area contributed by atoms with Crippen LogP contribution in [0.25, 0.3) is 11.1 Å². The smallest absolute Gasteiger partial charge is 0.326 e. The largest absolute Gasteiger partial charge is 0.435 e. The van der Waals surface area contributed by atoms with Crippen LogP contribution >= 0.6 is 0 Å². The molecule has 0 unspecified atom stereocenters. The van der Waals surface area contributed by atoms with Crippen LogP contribution in [0.2, 0.25) is 0 Å². The lowest BCUT2D eigenvalue weighted by Crippen LogP contribution is -2.17. The van der Waals surface area contributed by atoms with Gasteiger partial charge in [0.15, 0.2) is 5.58 Å². The van der Waals surface area contributed by atoms with E-state index in [0.717, 1.165) is 0 Å². The Kier molecular flexibility index (Phi) is 2.74. The van der Waals surface area contributed by atoms with Gasteiger partial charge in [0.1, 0.15) is 5.52 Å². The Morgan fingerprint density at radius 1 is 1.11 bits per heavy atom. The molecule has 96 valence electrons. The number of alkyl halides is 2. The number of hydrogen-bond acceptors (Lipinski definition) is 3. The molecule has 0 bridgehead atoms. The van der Waals surface area contributed by atoms with E-state index >= 15 is 0 Å². The third-order valence-electron chi connectivity index (χ3n) is 2.76. The maximum Gasteiger partial charge on any atom is 0.326 e. The molecule has 19 heavy (non-hydrogen) atoms. The van der Waals surface area contributed by atoms with E-state index in [4.69, 9.17) is 4.42 Å². The summed E-state index contributed by atoms with van der Waals surface area (Å²) in [4.78, 5) is 7.66. The van der Waals surface area contributed by atoms with Gasteiger partial charge in [-0.3, -0.25) is 4.98 Å². The summed E-state index contributed by atoms with van der Waals surface area (Å²) in [5.74, 6) is -3.71. The van der Waals surface area contributed by atoms with E-state index < -0.39 is 18.2 Å². The van der Waals surface area contributed by atoms with Crippen LogP contribution in [0, 0.1) is 0 Å². The van der Waals surface area contributed by atoms with Crippen molar-refractivity contribution >= 4 is 11.1 Å². The van der Waals surface area contributed by atoms with E-state index in [-0.39, 0.29) is 0 Å². The summed E-state index contributed by atoms with van der Waals surface area (Å²) in [5, 5.41) is 0. The number of oxazole rings is 1. The maximum atomic E-state index is 14.1. The fourth-order valence-electron chi connectivity index (χ4n) is 1.86. The van der Waals surface area contributed by atoms with Crippen molar-refractivity contribution in [2.45, 2.75) is 12.3 Å². The number of rotatable bonds is 3. The molecule has 1 aromatic carbocycles. The normalized spacial score (nSPS) is 11.9. The van der Waals surface area contributed by atoms with Gasteiger partial charge in [-0.2, -0.15) is 8.78 Å². The molecule has 2 heterocycles. The fourth-order valence-corrected chi connectivity index (χ4v) is 1.86. The monoisotopic (exact) mass is 260 g/mol. The molecule has 0 saturated heterocycles. The average Bonchev–Trinajstić information content (AvgIpc) is 2.84. The SMILES string of the molecule is FC(F)(Cc1cccnc1)c1nc2ccccc2o1. The quantitative estimate of drug-likeness (QED) is 0.722. The predicted molar refractivity (Wildman–Crippen MR) is 65.8 cm³/mol. The second-order valence-electron chi connectivity index (χ2n) is 4.23. The number of hydrogen-bond donors (Lipinski definition) is 0. The van der Waals surface area contributed by atoms with Crippen LogP contribution in [0.1, 0.15) is 11.5 Å². The lowest BCUT2D eigenvalue weighted by atomic mass is 10.1. The van der Waals surface area contributed by atoms with Gasteiger partial charge < -0.3 is 4.42 Å². The van der Waals surface area contributed by atoms with Crippen LogP contribution in [-0.2, 0) is 12.3 Å². The van der Waals surface area contributed by atoms with Crippen molar-refractivity contribution in [3.63, 3.8) is 0 Å². The van der Waals surface area contributed by atoms with E-state index in [1.165, 1.54) is 6.20 Å². The van der Waals surface area contributed by atoms with Crippen molar-refractivity contribution in [1.82, 2.24) is 9.97 Å². The molecule has 3 nitrogen and oxygen atoms in total. The number of benzene rings is 1. The molecule has 0 aliphatic rings. The number of halogens is 2. The molecule has 0 spiro atoms. The van der Waals surface area contributed by atoms with Crippen molar-refractivity contribution in [3.8, 4) is 0 Å². The lowest BCUT2D eigenvalue weighted by molar-refractivity contribution is -0.0293. The molecule has 0 aliphatic carbocycles. The molecule has 0 fully saturated rings. The Hall–Kier alpha value is -2.30. The van der Waals surface area contributed by atoms with Gasteiger partial charge in [-0.05, 0) is 23.8 Å². The summed E-state index contributed by atoms with van der Waals surface area (Å²) in [6, 6.07) is 9.93. The van der Waals surface area contributed by atoms with Gasteiger partial charge in [-0.25, -0.2) is 4.98 Å². The molecule has 0 atom stereocenters. The molecule has 0 radical (unpaired) electrons. The van der Waals surface area contributed by atoms with Gasteiger partial charge >= 0.3 is 5.92 Å². The molecule has 3 rings (SSSR count). The minimum absolute atomic E-state index is 0.364. The highest BCUT2D eigenvalue weighted by Gasteiger charge is 2.37. The first-order valence-corrected chi connectivity index (χ1v) is 5.78. The first kappa shape index (κ1) is 11.8. The summed E-state index contributed by atoms with van der Waals surface area (Å²) in [7, 11) is 0. The molecule has 3 aromatic rings. The van der Waals surface area contributed by atoms with Crippen molar-refractivity contribution in [3.05, 3.63) is 60.2 Å². The van der Waals surface area contributed by atoms with Crippen molar-refractivity contribution in [1.29, 1.82) is 0 Å². The first-order chi connectivity index (χ1) is 9.15. The van der Waals surface area contributed by atoms with Crippen LogP contribution in [0.15, 0.2) is 53.2 Å². The zero-order valence-electron chi connectivity index (χ0n) is 9.88. The van der Waals surface area contributed by atoms with Crippen LogP contribution in [0.3, 0.4) is 0 Å². The lowest BCUT2D eigenvalue weighted by Gasteiger charge is -2.11. The Balaban J connectivity index is 1.95. The summed E-state index contributed by atoms with van der Waals surface area (Å²) in [5.41, 5.74) is 1.24. The fraction of sp³-hybridized carbons (Fsp3) is 0.143. The Morgan fingerprint density at radius 3 is 2.68 bits per heavy atom. The average molecular weight is 260 g/mol. The zero-order valence-corrected chi connectivity index (χ0v) is 9.88. The predicted octanol–water partition coefficient (Wildman–Crippen LogP) is 3.56. The van der Waals surface area contributed by atoms with Crippen LogP contribution in [-0.4, -0.2) is 9.97 Å². The van der Waals surface area contributed by atoms with Crippen LogP contribution < -0.4 is 0 Å². The van der Waals surface area contributed by atoms with Crippen LogP contribution in [0.5, 0.6) is 0 Å². The molecule has 0 aliphatic heterocycles. The van der Waals surface area contributed by atoms with Gasteiger partial charge in [0, 0.05) is 18.8 Å². The molecular weight excluding hydrogens is 250 g/mol. The molecule has 0 N–H and O–H groups in total. The van der Waals surface area contributed by atoms with Gasteiger partial charge in [-0.15, -0.1) is 0 Å². The highest BCUT2D eigenvalue weighted by Crippen LogP contribution is 2.33. The Morgan fingerprint density at radius 2 is 1.95 bits per heavy atom. The summed E-state index contributed by atoms with van der Waals surface area (Å²) >= 11 is 0. The molecule has 0 amide bonds. The van der Waals surface area contributed by atoms with E-state index in [0.29, 0.717) is 16.7 Å². The van der Waals surface area contributed by atoms with Crippen molar-refractivity contribution < 1.29 is 13.2 Å². The topological polar surface area (TPSA) is 38.9 Å². The molecule has 2 aromatic heterocycles. The standard InChI is InChI=1S/C14H10F2N2O/c15-14(16,8-10-4-3-7-17-9-10)13-18-11-5-1-2-6-12(11)19-13/h1-7,9H,8H2. The van der Waals surface area contributed by atoms with E-state index in [2.05, 4.69) is 9.97 Å². The van der Waals surface area contributed by atoms with Gasteiger partial charge in [0.2, 0.25) is 0 Å². The summed E-state index contributed by atoms with van der Waals surface area (Å²) < 4.78 is 33.3. The highest BCUT2D eigenvalue weighted by molar-refractivity contribution is 5.72. The second kappa shape index (κ2) is 4.42. The molecule has 0 saturated carbocycles. The van der Waals surface area contributed by atoms with Crippen molar-refractivity contribution in [2.75, 3.05) is 0 Å². The van der Waals surface area contributed by atoms with Crippen LogP contribution in [0.4, 0.5) is 8.78 Å². The summed E-state index contributed by atoms with van der Waals surface area (Å²) in [6.45, 7) is 0. The summed E-state index contributed by atoms with van der Waals surface area (Å²) in [6.07, 6.45) is 2.48. The zero-order chi connectivity index (χ0) is 13.3. The Labute approximate surface area is 107 Å². The van der Waals surface area contributed by atoms with Gasteiger partial charge in [0.05, 0.1) is 0 Å². The maximum absolute atomic E-state index is 14.1. The number of nitrogens with zero attached hydrogens (tertiary/aromatic N) is 2. The number of aromatic nitrogens is 2. The highest BCUT2D eigenvalue weighted by atomic mass is 19.3. The second-order valence-corrected chi connectivity index (χ2v) is 4.23. The molecule has 5 heteroatoms. The minimum Gasteiger partial charge on any atom is -0.435 e. The van der Waals surface area contributed by atoms with Gasteiger partial charge in [0.25, 0.3) is 5.89 Å². The van der Waals surface area contributed by atoms with E-state index in [1.54, 1.807) is 42.6 Å². The van der Waals surface area contributed by atoms with E-state index in [1.807, 2.05) is 0 Å². The third-order valence-corrected chi connectivity index (χ3v) is 2.76. The molecular formula is C14H10F2N2O. The Bertz CT molecular complexity index is 662. The number of fused-ring (bicyclic) bond motifs is 1. The van der Waals surface area contributed by atoms with Gasteiger partial charge in [-0.1, -0.05) is 18.2 Å². The van der Waals surface area contributed by atoms with E-state index in [9.17, 15) is 8.78 Å². The first-order valence-electron chi connectivity index (χ1n) is 5.78. The van der Waals surface area contributed by atoms with Crippen molar-refractivity contribution in [2.24, 2.45) is 0 Å².